The SMILES string of the molecule is C=CCN(CC=C)C(CNC(=NC)NCCCN1C(=O)C2C3C=CC(C3)C2C1=O)C(C)C. The highest BCUT2D eigenvalue weighted by atomic mass is 16.2. The maximum Gasteiger partial charge on any atom is 0.233 e. The summed E-state index contributed by atoms with van der Waals surface area (Å²) in [5.74, 6) is 1.56. The van der Waals surface area contributed by atoms with Gasteiger partial charge in [0.25, 0.3) is 0 Å². The molecule has 5 atom stereocenters. The summed E-state index contributed by atoms with van der Waals surface area (Å²) in [4.78, 5) is 33.7. The van der Waals surface area contributed by atoms with Crippen LogP contribution >= 0.6 is 0 Å². The van der Waals surface area contributed by atoms with Crippen molar-refractivity contribution in [1.29, 1.82) is 0 Å². The molecule has 2 bridgehead atoms. The van der Waals surface area contributed by atoms with Gasteiger partial charge in [0.1, 0.15) is 0 Å². The third-order valence-electron chi connectivity index (χ3n) is 7.08. The van der Waals surface area contributed by atoms with Crippen LogP contribution in [0.5, 0.6) is 0 Å². The van der Waals surface area contributed by atoms with Crippen molar-refractivity contribution in [2.75, 3.05) is 39.8 Å². The van der Waals surface area contributed by atoms with Crippen LogP contribution in [0.2, 0.25) is 0 Å². The van der Waals surface area contributed by atoms with Gasteiger partial charge >= 0.3 is 0 Å². The number of nitrogens with one attached hydrogen (secondary N) is 2. The van der Waals surface area contributed by atoms with E-state index in [4.69, 9.17) is 0 Å². The molecule has 0 aromatic carbocycles. The van der Waals surface area contributed by atoms with E-state index in [2.05, 4.69) is 59.7 Å². The number of fused-ring (bicyclic) bond motifs is 5. The second-order valence-electron chi connectivity index (χ2n) is 9.40. The van der Waals surface area contributed by atoms with Crippen LogP contribution in [0.1, 0.15) is 26.7 Å². The molecule has 2 N–H and O–H groups in total. The average molecular weight is 442 g/mol. The van der Waals surface area contributed by atoms with Crippen LogP contribution in [0.3, 0.4) is 0 Å². The first-order valence-electron chi connectivity index (χ1n) is 11.9. The van der Waals surface area contributed by atoms with E-state index in [1.807, 2.05) is 12.2 Å². The minimum absolute atomic E-state index is 0.0312. The molecule has 0 spiro atoms. The van der Waals surface area contributed by atoms with Crippen LogP contribution in [-0.4, -0.2) is 73.4 Å². The van der Waals surface area contributed by atoms with Gasteiger partial charge in [-0.15, -0.1) is 13.2 Å². The summed E-state index contributed by atoms with van der Waals surface area (Å²) in [7, 11) is 1.75. The van der Waals surface area contributed by atoms with E-state index in [-0.39, 0.29) is 35.5 Å². The molecule has 0 aromatic heterocycles. The first-order chi connectivity index (χ1) is 15.4. The Bertz CT molecular complexity index is 734. The van der Waals surface area contributed by atoms with Crippen LogP contribution in [0.25, 0.3) is 0 Å². The number of nitrogens with zero attached hydrogens (tertiary/aromatic N) is 3. The summed E-state index contributed by atoms with van der Waals surface area (Å²) >= 11 is 0. The molecule has 32 heavy (non-hydrogen) atoms. The van der Waals surface area contributed by atoms with E-state index in [0.29, 0.717) is 31.5 Å². The van der Waals surface area contributed by atoms with Gasteiger partial charge in [-0.2, -0.15) is 0 Å². The smallest absolute Gasteiger partial charge is 0.233 e. The molecule has 1 heterocycles. The number of likely N-dealkylation sites (tertiary alicyclic amines) is 1. The highest BCUT2D eigenvalue weighted by molar-refractivity contribution is 6.06. The molecule has 1 aliphatic heterocycles. The fourth-order valence-electron chi connectivity index (χ4n) is 5.51. The lowest BCUT2D eigenvalue weighted by Gasteiger charge is -2.33. The summed E-state index contributed by atoms with van der Waals surface area (Å²) in [5.41, 5.74) is 0. The highest BCUT2D eigenvalue weighted by Crippen LogP contribution is 2.52. The molecule has 5 unspecified atom stereocenters. The predicted octanol–water partition coefficient (Wildman–Crippen LogP) is 2.05. The lowest BCUT2D eigenvalue weighted by molar-refractivity contribution is -0.140. The number of imide groups is 1. The van der Waals surface area contributed by atoms with Crippen molar-refractivity contribution < 1.29 is 9.59 Å². The number of hydrogen-bond acceptors (Lipinski definition) is 4. The molecule has 7 heteroatoms. The van der Waals surface area contributed by atoms with Crippen molar-refractivity contribution in [3.8, 4) is 0 Å². The number of amides is 2. The Labute approximate surface area is 192 Å². The van der Waals surface area contributed by atoms with Crippen molar-refractivity contribution in [3.63, 3.8) is 0 Å². The fourth-order valence-corrected chi connectivity index (χ4v) is 5.51. The standard InChI is InChI=1S/C25H39N5O2/c1-6-12-29(13-7-2)20(17(3)4)16-28-25(26-5)27-11-8-14-30-23(31)21-18-9-10-19(15-18)22(21)24(30)32/h6-7,9-10,17-22H,1-2,8,11-16H2,3-5H3,(H2,26,27,28). The largest absolute Gasteiger partial charge is 0.356 e. The van der Waals surface area contributed by atoms with Crippen molar-refractivity contribution in [1.82, 2.24) is 20.4 Å². The molecule has 2 aliphatic carbocycles. The van der Waals surface area contributed by atoms with Gasteiger partial charge < -0.3 is 10.6 Å². The van der Waals surface area contributed by atoms with Crippen molar-refractivity contribution in [2.24, 2.45) is 34.6 Å². The Hall–Kier alpha value is -2.41. The van der Waals surface area contributed by atoms with E-state index in [1.54, 1.807) is 7.05 Å². The first kappa shape index (κ1) is 24.2. The number of carbonyl (C=O) groups excluding carboxylic acids is 2. The molecule has 1 saturated heterocycles. The topological polar surface area (TPSA) is 77.0 Å². The molecule has 0 radical (unpaired) electrons. The van der Waals surface area contributed by atoms with Gasteiger partial charge in [-0.1, -0.05) is 38.2 Å². The maximum absolute atomic E-state index is 12.8. The number of aliphatic imine (C=N–C) groups is 1. The molecule has 0 aromatic rings. The van der Waals surface area contributed by atoms with Crippen LogP contribution < -0.4 is 10.6 Å². The number of guanidine groups is 1. The van der Waals surface area contributed by atoms with Gasteiger partial charge in [-0.3, -0.25) is 24.4 Å². The Morgan fingerprint density at radius 3 is 2.25 bits per heavy atom. The molecule has 176 valence electrons. The number of rotatable bonds is 12. The average Bonchev–Trinajstić information content (AvgIpc) is 3.44. The third-order valence-corrected chi connectivity index (χ3v) is 7.08. The van der Waals surface area contributed by atoms with Crippen LogP contribution in [0, 0.1) is 29.6 Å². The summed E-state index contributed by atoms with van der Waals surface area (Å²) in [6.45, 7) is 15.6. The van der Waals surface area contributed by atoms with Gasteiger partial charge in [-0.25, -0.2) is 0 Å². The molecular weight excluding hydrogens is 402 g/mol. The number of carbonyl (C=O) groups is 2. The molecule has 3 rings (SSSR count). The van der Waals surface area contributed by atoms with E-state index in [1.165, 1.54) is 4.90 Å². The normalized spacial score (nSPS) is 27.4. The lowest BCUT2D eigenvalue weighted by atomic mass is 9.85. The predicted molar refractivity (Wildman–Crippen MR) is 129 cm³/mol. The molecule has 7 nitrogen and oxygen atoms in total. The van der Waals surface area contributed by atoms with Gasteiger partial charge in [0.2, 0.25) is 11.8 Å². The highest BCUT2D eigenvalue weighted by Gasteiger charge is 2.58. The zero-order valence-electron chi connectivity index (χ0n) is 19.8. The molecule has 2 fully saturated rings. The summed E-state index contributed by atoms with van der Waals surface area (Å²) in [5, 5.41) is 6.74. The molecule has 2 amide bonds. The van der Waals surface area contributed by atoms with E-state index >= 15 is 0 Å². The van der Waals surface area contributed by atoms with Gasteiger partial charge in [-0.05, 0) is 30.6 Å². The van der Waals surface area contributed by atoms with Crippen molar-refractivity contribution in [2.45, 2.75) is 32.7 Å². The third kappa shape index (κ3) is 4.98. The first-order valence-corrected chi connectivity index (χ1v) is 11.9. The minimum Gasteiger partial charge on any atom is -0.356 e. The Balaban J connectivity index is 1.44. The summed E-state index contributed by atoms with van der Waals surface area (Å²) in [6.07, 6.45) is 9.78. The summed E-state index contributed by atoms with van der Waals surface area (Å²) < 4.78 is 0. The van der Waals surface area contributed by atoms with Crippen LogP contribution in [0.4, 0.5) is 0 Å². The summed E-state index contributed by atoms with van der Waals surface area (Å²) in [6, 6.07) is 0.313. The van der Waals surface area contributed by atoms with E-state index in [9.17, 15) is 9.59 Å². The van der Waals surface area contributed by atoms with Crippen molar-refractivity contribution >= 4 is 17.8 Å². The second kappa shape index (κ2) is 10.9. The van der Waals surface area contributed by atoms with Gasteiger partial charge in [0.05, 0.1) is 11.8 Å². The number of allylic oxidation sites excluding steroid dienone is 2. The quantitative estimate of drug-likeness (QED) is 0.159. The Kier molecular flexibility index (Phi) is 8.29. The van der Waals surface area contributed by atoms with E-state index in [0.717, 1.165) is 32.0 Å². The Morgan fingerprint density at radius 2 is 1.75 bits per heavy atom. The zero-order chi connectivity index (χ0) is 23.3. The van der Waals surface area contributed by atoms with Crippen LogP contribution in [0.15, 0.2) is 42.5 Å². The minimum atomic E-state index is -0.109. The second-order valence-corrected chi connectivity index (χ2v) is 9.40. The van der Waals surface area contributed by atoms with E-state index < -0.39 is 0 Å². The Morgan fingerprint density at radius 1 is 1.16 bits per heavy atom. The number of hydrogen-bond donors (Lipinski definition) is 2. The van der Waals surface area contributed by atoms with Gasteiger partial charge in [0.15, 0.2) is 5.96 Å². The van der Waals surface area contributed by atoms with Crippen molar-refractivity contribution in [3.05, 3.63) is 37.5 Å². The monoisotopic (exact) mass is 441 g/mol. The molecular formula is C25H39N5O2. The van der Waals surface area contributed by atoms with Crippen LogP contribution in [-0.2, 0) is 9.59 Å². The lowest BCUT2D eigenvalue weighted by Crippen LogP contribution is -2.49. The molecule has 1 saturated carbocycles. The van der Waals surface area contributed by atoms with Gasteiger partial charge in [0, 0.05) is 45.8 Å². The molecule has 3 aliphatic rings. The fraction of sp³-hybridized carbons (Fsp3) is 0.640. The maximum atomic E-state index is 12.8. The zero-order valence-corrected chi connectivity index (χ0v) is 19.8.